The van der Waals surface area contributed by atoms with E-state index in [-0.39, 0.29) is 0 Å². The Balaban J connectivity index is 3.08. The van der Waals surface area contributed by atoms with Gasteiger partial charge in [0.2, 0.25) is 0 Å². The Labute approximate surface area is 100 Å². The summed E-state index contributed by atoms with van der Waals surface area (Å²) in [5, 5.41) is 0. The summed E-state index contributed by atoms with van der Waals surface area (Å²) < 4.78 is 0. The van der Waals surface area contributed by atoms with Gasteiger partial charge < -0.3 is 0 Å². The Bertz CT molecular complexity index is 276. The number of rotatable bonds is 4. The van der Waals surface area contributed by atoms with Gasteiger partial charge in [0.15, 0.2) is 0 Å². The van der Waals surface area contributed by atoms with Crippen LogP contribution in [0.5, 0.6) is 0 Å². The summed E-state index contributed by atoms with van der Waals surface area (Å²) in [6.07, 6.45) is 0. The Morgan fingerprint density at radius 1 is 0.500 bits per heavy atom. The lowest BCUT2D eigenvalue weighted by Gasteiger charge is -2.54. The minimum absolute atomic E-state index is 0.511. The smallest absolute Gasteiger partial charge is 0.00659 e. The Morgan fingerprint density at radius 3 is 0.688 bits per heavy atom. The third-order valence-electron chi connectivity index (χ3n) is 3.82. The predicted octanol–water partition coefficient (Wildman–Crippen LogP) is 4.77. The molecular formula is C16H24. The maximum absolute atomic E-state index is 4.12. The highest BCUT2D eigenvalue weighted by Gasteiger charge is 2.50. The van der Waals surface area contributed by atoms with Crippen LogP contribution in [0, 0.1) is 23.7 Å². The molecule has 0 heterocycles. The van der Waals surface area contributed by atoms with Gasteiger partial charge in [-0.15, -0.1) is 0 Å². The number of hydrogen-bond donors (Lipinski definition) is 0. The van der Waals surface area contributed by atoms with Crippen molar-refractivity contribution in [2.75, 3.05) is 0 Å². The van der Waals surface area contributed by atoms with Crippen LogP contribution in [0.25, 0.3) is 0 Å². The lowest BCUT2D eigenvalue weighted by molar-refractivity contribution is 0.0860. The molecule has 1 saturated carbocycles. The van der Waals surface area contributed by atoms with Crippen molar-refractivity contribution in [3.63, 3.8) is 0 Å². The van der Waals surface area contributed by atoms with E-state index >= 15 is 0 Å². The molecule has 0 atom stereocenters. The van der Waals surface area contributed by atoms with Crippen molar-refractivity contribution in [1.29, 1.82) is 0 Å². The summed E-state index contributed by atoms with van der Waals surface area (Å²) in [5.74, 6) is 2.04. The van der Waals surface area contributed by atoms with Crippen molar-refractivity contribution in [1.82, 2.24) is 0 Å². The van der Waals surface area contributed by atoms with Crippen LogP contribution in [-0.4, -0.2) is 0 Å². The van der Waals surface area contributed by atoms with Crippen molar-refractivity contribution in [3.8, 4) is 0 Å². The van der Waals surface area contributed by atoms with E-state index in [0.29, 0.717) is 23.7 Å². The molecule has 0 aromatic rings. The third-order valence-corrected chi connectivity index (χ3v) is 3.82. The van der Waals surface area contributed by atoms with Gasteiger partial charge in [0.1, 0.15) is 0 Å². The summed E-state index contributed by atoms with van der Waals surface area (Å²) in [6.45, 7) is 25.0. The monoisotopic (exact) mass is 216 g/mol. The Hall–Kier alpha value is -1.04. The molecule has 0 heteroatoms. The van der Waals surface area contributed by atoms with E-state index in [1.165, 1.54) is 22.3 Å². The fourth-order valence-corrected chi connectivity index (χ4v) is 3.20. The van der Waals surface area contributed by atoms with Gasteiger partial charge in [-0.25, -0.2) is 0 Å². The normalized spacial score (nSPS) is 32.8. The van der Waals surface area contributed by atoms with E-state index < -0.39 is 0 Å². The van der Waals surface area contributed by atoms with Crippen LogP contribution in [0.2, 0.25) is 0 Å². The lowest BCUT2D eigenvalue weighted by Crippen LogP contribution is -2.48. The van der Waals surface area contributed by atoms with Gasteiger partial charge in [-0.1, -0.05) is 48.6 Å². The summed E-state index contributed by atoms with van der Waals surface area (Å²) in [4.78, 5) is 0. The van der Waals surface area contributed by atoms with Gasteiger partial charge in [0.25, 0.3) is 0 Å². The molecule has 0 aromatic heterocycles. The van der Waals surface area contributed by atoms with Gasteiger partial charge in [-0.3, -0.25) is 0 Å². The summed E-state index contributed by atoms with van der Waals surface area (Å²) in [5.41, 5.74) is 4.99. The molecule has 1 aliphatic rings. The van der Waals surface area contributed by atoms with Crippen LogP contribution in [0.4, 0.5) is 0 Å². The first-order valence-corrected chi connectivity index (χ1v) is 5.90. The second-order valence-electron chi connectivity index (χ2n) is 5.49. The molecule has 0 radical (unpaired) electrons. The molecule has 0 unspecified atom stereocenters. The molecule has 0 amide bonds. The van der Waals surface area contributed by atoms with E-state index in [2.05, 4.69) is 54.0 Å². The van der Waals surface area contributed by atoms with Crippen LogP contribution < -0.4 is 0 Å². The number of hydrogen-bond acceptors (Lipinski definition) is 0. The van der Waals surface area contributed by atoms with Crippen LogP contribution in [0.1, 0.15) is 27.7 Å². The maximum Gasteiger partial charge on any atom is -0.00659 e. The average Bonchev–Trinajstić information content (AvgIpc) is 1.97. The zero-order chi connectivity index (χ0) is 12.6. The summed E-state index contributed by atoms with van der Waals surface area (Å²) in [7, 11) is 0. The molecule has 0 saturated heterocycles. The van der Waals surface area contributed by atoms with Gasteiger partial charge in [-0.05, 0) is 51.4 Å². The zero-order valence-corrected chi connectivity index (χ0v) is 11.1. The predicted molar refractivity (Wildman–Crippen MR) is 73.2 cm³/mol. The number of allylic oxidation sites excluding steroid dienone is 4. The second-order valence-corrected chi connectivity index (χ2v) is 5.49. The quantitative estimate of drug-likeness (QED) is 0.594. The molecule has 0 aromatic carbocycles. The molecule has 16 heavy (non-hydrogen) atoms. The van der Waals surface area contributed by atoms with E-state index in [0.717, 1.165) is 0 Å². The largest absolute Gasteiger partial charge is 0.0998 e. The molecule has 1 aliphatic carbocycles. The van der Waals surface area contributed by atoms with Crippen molar-refractivity contribution in [3.05, 3.63) is 48.6 Å². The first-order valence-electron chi connectivity index (χ1n) is 5.90. The third kappa shape index (κ3) is 1.93. The van der Waals surface area contributed by atoms with Gasteiger partial charge in [0.05, 0.1) is 0 Å². The molecule has 1 fully saturated rings. The first-order chi connectivity index (χ1) is 7.29. The molecule has 1 rings (SSSR count). The van der Waals surface area contributed by atoms with Crippen LogP contribution in [0.3, 0.4) is 0 Å². The minimum atomic E-state index is 0.511. The van der Waals surface area contributed by atoms with Crippen LogP contribution in [0.15, 0.2) is 48.6 Å². The van der Waals surface area contributed by atoms with Gasteiger partial charge in [-0.2, -0.15) is 0 Å². The highest BCUT2D eigenvalue weighted by atomic mass is 14.5. The average molecular weight is 216 g/mol. The standard InChI is InChI=1S/C16H24/c1-9(2)13-14(10(3)4)16(12(7)8)15(13)11(5)6/h13-16H,1,3,5,7H2,2,4,6,8H3. The SMILES string of the molecule is C=C(C)C1C(C(=C)C)C(C(=C)C)C1C(=C)C. The highest BCUT2D eigenvalue weighted by molar-refractivity contribution is 5.31. The molecule has 0 aliphatic heterocycles. The van der Waals surface area contributed by atoms with Gasteiger partial charge >= 0.3 is 0 Å². The van der Waals surface area contributed by atoms with Crippen LogP contribution in [-0.2, 0) is 0 Å². The zero-order valence-electron chi connectivity index (χ0n) is 11.1. The minimum Gasteiger partial charge on any atom is -0.0998 e. The van der Waals surface area contributed by atoms with Crippen molar-refractivity contribution >= 4 is 0 Å². The Kier molecular flexibility index (Phi) is 3.62. The first kappa shape index (κ1) is 13.0. The topological polar surface area (TPSA) is 0 Å². The van der Waals surface area contributed by atoms with E-state index in [1.807, 2.05) is 0 Å². The highest BCUT2D eigenvalue weighted by Crippen LogP contribution is 2.57. The molecular weight excluding hydrogens is 192 g/mol. The fourth-order valence-electron chi connectivity index (χ4n) is 3.20. The van der Waals surface area contributed by atoms with E-state index in [9.17, 15) is 0 Å². The lowest BCUT2D eigenvalue weighted by atomic mass is 9.49. The van der Waals surface area contributed by atoms with Crippen LogP contribution >= 0.6 is 0 Å². The van der Waals surface area contributed by atoms with E-state index in [1.54, 1.807) is 0 Å². The molecule has 0 spiro atoms. The fraction of sp³-hybridized carbons (Fsp3) is 0.500. The van der Waals surface area contributed by atoms with E-state index in [4.69, 9.17) is 0 Å². The summed E-state index contributed by atoms with van der Waals surface area (Å²) >= 11 is 0. The van der Waals surface area contributed by atoms with Crippen molar-refractivity contribution in [2.45, 2.75) is 27.7 Å². The van der Waals surface area contributed by atoms with Gasteiger partial charge in [0, 0.05) is 0 Å². The second kappa shape index (κ2) is 4.45. The van der Waals surface area contributed by atoms with Crippen molar-refractivity contribution < 1.29 is 0 Å². The summed E-state index contributed by atoms with van der Waals surface area (Å²) in [6, 6.07) is 0. The Morgan fingerprint density at radius 2 is 0.625 bits per heavy atom. The molecule has 0 nitrogen and oxygen atoms in total. The molecule has 0 bridgehead atoms. The van der Waals surface area contributed by atoms with Crippen molar-refractivity contribution in [2.24, 2.45) is 23.7 Å². The molecule has 88 valence electrons. The molecule has 0 N–H and O–H groups in total. The maximum atomic E-state index is 4.12.